The van der Waals surface area contributed by atoms with E-state index in [9.17, 15) is 19.2 Å². The number of imide groups is 1. The van der Waals surface area contributed by atoms with Crippen LogP contribution in [-0.2, 0) is 22.6 Å². The van der Waals surface area contributed by atoms with Gasteiger partial charge in [-0.05, 0) is 36.2 Å². The van der Waals surface area contributed by atoms with Crippen LogP contribution in [0.3, 0.4) is 0 Å². The molecule has 4 aromatic rings. The minimum Gasteiger partial charge on any atom is -0.458 e. The first-order valence-electron chi connectivity index (χ1n) is 11.1. The molecule has 0 spiro atoms. The predicted molar refractivity (Wildman–Crippen MR) is 127 cm³/mol. The number of amides is 2. The smallest absolute Gasteiger partial charge is 0.330 e. The molecule has 1 aliphatic rings. The van der Waals surface area contributed by atoms with Gasteiger partial charge >= 0.3 is 5.97 Å². The molecule has 0 saturated carbocycles. The van der Waals surface area contributed by atoms with Crippen LogP contribution >= 0.6 is 0 Å². The van der Waals surface area contributed by atoms with E-state index in [2.05, 4.69) is 4.98 Å². The highest BCUT2D eigenvalue weighted by molar-refractivity contribution is 6.22. The highest BCUT2D eigenvalue weighted by Crippen LogP contribution is 2.26. The van der Waals surface area contributed by atoms with Crippen LogP contribution in [0, 0.1) is 6.92 Å². The minimum atomic E-state index is -1.17. The second-order valence-corrected chi connectivity index (χ2v) is 8.36. The van der Waals surface area contributed by atoms with Gasteiger partial charge in [0.25, 0.3) is 17.4 Å². The van der Waals surface area contributed by atoms with Gasteiger partial charge in [0.2, 0.25) is 0 Å². The quantitative estimate of drug-likeness (QED) is 0.319. The number of nitrogens with zero attached hydrogens (tertiary/aromatic N) is 3. The average Bonchev–Trinajstić information content (AvgIpc) is 3.12. The van der Waals surface area contributed by atoms with Crippen LogP contribution < -0.4 is 5.56 Å². The first-order chi connectivity index (χ1) is 16.9. The van der Waals surface area contributed by atoms with Crippen LogP contribution in [0.1, 0.15) is 37.5 Å². The Kier molecular flexibility index (Phi) is 5.70. The fraction of sp³-hybridized carbons (Fsp3) is 0.148. The van der Waals surface area contributed by atoms with Crippen molar-refractivity contribution in [2.75, 3.05) is 0 Å². The molecule has 5 rings (SSSR count). The molecule has 1 atom stereocenters. The Balaban J connectivity index is 1.42. The summed E-state index contributed by atoms with van der Waals surface area (Å²) in [6, 6.07) is 19.2. The predicted octanol–water partition coefficient (Wildman–Crippen LogP) is 2.95. The lowest BCUT2D eigenvalue weighted by molar-refractivity contribution is -0.149. The van der Waals surface area contributed by atoms with Gasteiger partial charge < -0.3 is 4.74 Å². The fourth-order valence-corrected chi connectivity index (χ4v) is 4.18. The molecule has 174 valence electrons. The van der Waals surface area contributed by atoms with E-state index in [-0.39, 0.29) is 35.4 Å². The first kappa shape index (κ1) is 22.2. The van der Waals surface area contributed by atoms with Crippen molar-refractivity contribution in [2.45, 2.75) is 26.0 Å². The fourth-order valence-electron chi connectivity index (χ4n) is 4.18. The van der Waals surface area contributed by atoms with Crippen molar-refractivity contribution in [1.82, 2.24) is 14.3 Å². The Labute approximate surface area is 200 Å². The van der Waals surface area contributed by atoms with E-state index in [0.29, 0.717) is 5.65 Å². The zero-order valence-corrected chi connectivity index (χ0v) is 18.9. The van der Waals surface area contributed by atoms with E-state index in [1.54, 1.807) is 36.5 Å². The molecule has 0 bridgehead atoms. The van der Waals surface area contributed by atoms with Crippen molar-refractivity contribution in [3.63, 3.8) is 0 Å². The summed E-state index contributed by atoms with van der Waals surface area (Å²) in [4.78, 5) is 57.2. The number of rotatable bonds is 6. The zero-order valence-electron chi connectivity index (χ0n) is 18.9. The van der Waals surface area contributed by atoms with Crippen LogP contribution in [-0.4, -0.2) is 38.1 Å². The summed E-state index contributed by atoms with van der Waals surface area (Å²) in [6.07, 6.45) is 1.77. The van der Waals surface area contributed by atoms with Crippen LogP contribution in [0.2, 0.25) is 0 Å². The van der Waals surface area contributed by atoms with E-state index < -0.39 is 23.8 Å². The second kappa shape index (κ2) is 8.98. The number of aromatic nitrogens is 2. The Morgan fingerprint density at radius 2 is 1.57 bits per heavy atom. The summed E-state index contributed by atoms with van der Waals surface area (Å²) < 4.78 is 6.92. The van der Waals surface area contributed by atoms with Gasteiger partial charge in [-0.1, -0.05) is 48.5 Å². The monoisotopic (exact) mass is 467 g/mol. The Hall–Kier alpha value is -4.59. The molecule has 0 radical (unpaired) electrons. The van der Waals surface area contributed by atoms with Gasteiger partial charge in [-0.3, -0.25) is 23.7 Å². The standard InChI is InChI=1S/C27H21N3O5/c1-17-11-12-23-28-19(14-24(31)29(23)15-17)16-35-27(34)22(13-18-7-3-2-4-8-18)30-25(32)20-9-5-6-10-21(20)26(30)33/h2-12,14-15,22H,13,16H2,1H3. The first-order valence-corrected chi connectivity index (χ1v) is 11.1. The Bertz CT molecular complexity index is 1490. The van der Waals surface area contributed by atoms with Crippen molar-refractivity contribution >= 4 is 23.4 Å². The SMILES string of the molecule is Cc1ccc2nc(COC(=O)C(Cc3ccccc3)N3C(=O)c4ccccc4C3=O)cc(=O)n2c1. The topological polar surface area (TPSA) is 98.0 Å². The largest absolute Gasteiger partial charge is 0.458 e. The number of carbonyl (C=O) groups excluding carboxylic acids is 3. The molecule has 1 aliphatic heterocycles. The maximum Gasteiger partial charge on any atom is 0.330 e. The van der Waals surface area contributed by atoms with Crippen molar-refractivity contribution in [1.29, 1.82) is 0 Å². The van der Waals surface area contributed by atoms with Gasteiger partial charge in [-0.2, -0.15) is 0 Å². The molecule has 1 unspecified atom stereocenters. The number of aryl methyl sites for hydroxylation is 1. The lowest BCUT2D eigenvalue weighted by Gasteiger charge is -2.24. The lowest BCUT2D eigenvalue weighted by Crippen LogP contribution is -2.47. The number of esters is 1. The summed E-state index contributed by atoms with van der Waals surface area (Å²) in [5, 5.41) is 0. The van der Waals surface area contributed by atoms with E-state index in [4.69, 9.17) is 4.74 Å². The molecule has 0 aliphatic carbocycles. The molecule has 2 aromatic heterocycles. The number of hydrogen-bond acceptors (Lipinski definition) is 6. The maximum absolute atomic E-state index is 13.3. The number of fused-ring (bicyclic) bond motifs is 2. The number of hydrogen-bond donors (Lipinski definition) is 0. The number of pyridine rings is 1. The highest BCUT2D eigenvalue weighted by Gasteiger charge is 2.43. The molecule has 2 aromatic carbocycles. The number of ether oxygens (including phenoxy) is 1. The summed E-state index contributed by atoms with van der Waals surface area (Å²) >= 11 is 0. The highest BCUT2D eigenvalue weighted by atomic mass is 16.5. The van der Waals surface area contributed by atoms with Crippen LogP contribution in [0.4, 0.5) is 0 Å². The van der Waals surface area contributed by atoms with Crippen molar-refractivity contribution in [3.8, 4) is 0 Å². The normalized spacial score (nSPS) is 13.7. The van der Waals surface area contributed by atoms with Gasteiger partial charge in [0.05, 0.1) is 16.8 Å². The molecule has 35 heavy (non-hydrogen) atoms. The third-order valence-electron chi connectivity index (χ3n) is 5.90. The molecule has 8 heteroatoms. The lowest BCUT2D eigenvalue weighted by atomic mass is 10.0. The van der Waals surface area contributed by atoms with E-state index in [1.807, 2.05) is 43.3 Å². The Morgan fingerprint density at radius 3 is 2.26 bits per heavy atom. The maximum atomic E-state index is 13.3. The summed E-state index contributed by atoms with van der Waals surface area (Å²) in [5.74, 6) is -1.84. The average molecular weight is 467 g/mol. The van der Waals surface area contributed by atoms with Gasteiger partial charge in [-0.15, -0.1) is 0 Å². The molecule has 0 fully saturated rings. The zero-order chi connectivity index (χ0) is 24.5. The van der Waals surface area contributed by atoms with E-state index >= 15 is 0 Å². The molecule has 0 N–H and O–H groups in total. The van der Waals surface area contributed by atoms with Gasteiger partial charge in [-0.25, -0.2) is 9.78 Å². The third kappa shape index (κ3) is 4.21. The molecule has 0 saturated heterocycles. The van der Waals surface area contributed by atoms with Crippen LogP contribution in [0.15, 0.2) is 83.8 Å². The summed E-state index contributed by atoms with van der Waals surface area (Å²) in [6.45, 7) is 1.60. The second-order valence-electron chi connectivity index (χ2n) is 8.36. The number of carbonyl (C=O) groups is 3. The Morgan fingerprint density at radius 1 is 0.914 bits per heavy atom. The van der Waals surface area contributed by atoms with Gasteiger partial charge in [0.15, 0.2) is 0 Å². The molecular weight excluding hydrogens is 446 g/mol. The molecule has 8 nitrogen and oxygen atoms in total. The van der Waals surface area contributed by atoms with Gasteiger partial charge in [0, 0.05) is 18.7 Å². The van der Waals surface area contributed by atoms with Crippen LogP contribution in [0.25, 0.3) is 5.65 Å². The minimum absolute atomic E-state index is 0.0955. The van der Waals surface area contributed by atoms with Crippen LogP contribution in [0.5, 0.6) is 0 Å². The van der Waals surface area contributed by atoms with Crippen molar-refractivity contribution in [3.05, 3.63) is 117 Å². The summed E-state index contributed by atoms with van der Waals surface area (Å²) in [7, 11) is 0. The van der Waals surface area contributed by atoms with Crippen molar-refractivity contribution in [2.24, 2.45) is 0 Å². The molecule has 3 heterocycles. The van der Waals surface area contributed by atoms with Gasteiger partial charge in [0.1, 0.15) is 18.3 Å². The third-order valence-corrected chi connectivity index (χ3v) is 5.90. The van der Waals surface area contributed by atoms with E-state index in [0.717, 1.165) is 16.0 Å². The van der Waals surface area contributed by atoms with E-state index in [1.165, 1.54) is 10.5 Å². The number of benzene rings is 2. The molecular formula is C27H21N3O5. The summed E-state index contributed by atoms with van der Waals surface area (Å²) in [5.41, 5.74) is 2.58. The van der Waals surface area contributed by atoms with Crippen molar-refractivity contribution < 1.29 is 19.1 Å². The molecule has 2 amide bonds.